The van der Waals surface area contributed by atoms with Crippen LogP contribution in [0.25, 0.3) is 10.9 Å². The number of nitrogens with zero attached hydrogens (tertiary/aromatic N) is 1. The average molecular weight is 289 g/mol. The Morgan fingerprint density at radius 3 is 2.95 bits per heavy atom. The average Bonchev–Trinajstić information content (AvgIpc) is 2.51. The van der Waals surface area contributed by atoms with Crippen LogP contribution in [0.3, 0.4) is 0 Å². The summed E-state index contributed by atoms with van der Waals surface area (Å²) in [7, 11) is 0. The molecule has 3 rings (SSSR count). The van der Waals surface area contributed by atoms with E-state index in [0.717, 1.165) is 27.5 Å². The number of fused-ring (bicyclic) bond motifs is 1. The summed E-state index contributed by atoms with van der Waals surface area (Å²) >= 11 is 6.26. The highest BCUT2D eigenvalue weighted by Gasteiger charge is 2.24. The molecular formula is C17H21ClN2. The molecule has 1 fully saturated rings. The van der Waals surface area contributed by atoms with E-state index >= 15 is 0 Å². The maximum absolute atomic E-state index is 6.26. The lowest BCUT2D eigenvalue weighted by molar-refractivity contribution is 0.317. The lowest BCUT2D eigenvalue weighted by Crippen LogP contribution is -2.31. The molecule has 0 aliphatic heterocycles. The third-order valence-corrected chi connectivity index (χ3v) is 4.82. The van der Waals surface area contributed by atoms with Gasteiger partial charge in [-0.25, -0.2) is 0 Å². The fraction of sp³-hybridized carbons (Fsp3) is 0.471. The van der Waals surface area contributed by atoms with Crippen LogP contribution < -0.4 is 5.32 Å². The van der Waals surface area contributed by atoms with Crippen LogP contribution in [-0.2, 0) is 0 Å². The summed E-state index contributed by atoms with van der Waals surface area (Å²) in [6.07, 6.45) is 8.38. The van der Waals surface area contributed by atoms with E-state index in [1.54, 1.807) is 0 Å². The first-order valence-corrected chi connectivity index (χ1v) is 7.97. The van der Waals surface area contributed by atoms with Crippen LogP contribution in [-0.4, -0.2) is 11.0 Å². The molecule has 0 radical (unpaired) electrons. The van der Waals surface area contributed by atoms with Gasteiger partial charge >= 0.3 is 0 Å². The van der Waals surface area contributed by atoms with Gasteiger partial charge in [0.15, 0.2) is 0 Å². The van der Waals surface area contributed by atoms with Gasteiger partial charge in [0.2, 0.25) is 0 Å². The van der Waals surface area contributed by atoms with E-state index in [2.05, 4.69) is 23.3 Å². The summed E-state index contributed by atoms with van der Waals surface area (Å²) in [6.45, 7) is 2.29. The third-order valence-electron chi connectivity index (χ3n) is 4.49. The van der Waals surface area contributed by atoms with E-state index in [1.165, 1.54) is 32.1 Å². The SMILES string of the molecule is CCC1CCCCC1Nc1ccc(Cl)c2cccnc12. The summed E-state index contributed by atoms with van der Waals surface area (Å²) in [6, 6.07) is 8.58. The van der Waals surface area contributed by atoms with Crippen molar-refractivity contribution in [3.63, 3.8) is 0 Å². The zero-order valence-electron chi connectivity index (χ0n) is 11.9. The molecular weight excluding hydrogens is 268 g/mol. The second kappa shape index (κ2) is 6.01. The van der Waals surface area contributed by atoms with E-state index < -0.39 is 0 Å². The maximum Gasteiger partial charge on any atom is 0.0948 e. The predicted octanol–water partition coefficient (Wildman–Crippen LogP) is 5.27. The highest BCUT2D eigenvalue weighted by Crippen LogP contribution is 2.33. The van der Waals surface area contributed by atoms with Gasteiger partial charge in [-0.15, -0.1) is 0 Å². The highest BCUT2D eigenvalue weighted by molar-refractivity contribution is 6.35. The molecule has 2 nitrogen and oxygen atoms in total. The van der Waals surface area contributed by atoms with Crippen LogP contribution in [0.4, 0.5) is 5.69 Å². The largest absolute Gasteiger partial charge is 0.380 e. The van der Waals surface area contributed by atoms with Crippen molar-refractivity contribution in [1.29, 1.82) is 0 Å². The smallest absolute Gasteiger partial charge is 0.0948 e. The molecule has 2 atom stereocenters. The lowest BCUT2D eigenvalue weighted by atomic mass is 9.83. The fourth-order valence-electron chi connectivity index (χ4n) is 3.34. The Hall–Kier alpha value is -1.28. The molecule has 0 bridgehead atoms. The van der Waals surface area contributed by atoms with Crippen LogP contribution in [0.2, 0.25) is 5.02 Å². The normalized spacial score (nSPS) is 22.9. The summed E-state index contributed by atoms with van der Waals surface area (Å²) in [5, 5.41) is 5.53. The minimum absolute atomic E-state index is 0.570. The summed E-state index contributed by atoms with van der Waals surface area (Å²) in [5.74, 6) is 0.776. The van der Waals surface area contributed by atoms with Crippen molar-refractivity contribution in [3.05, 3.63) is 35.5 Å². The highest BCUT2D eigenvalue weighted by atomic mass is 35.5. The molecule has 1 aliphatic carbocycles. The van der Waals surface area contributed by atoms with E-state index in [0.29, 0.717) is 6.04 Å². The number of rotatable bonds is 3. The Morgan fingerprint density at radius 1 is 1.25 bits per heavy atom. The van der Waals surface area contributed by atoms with Gasteiger partial charge in [-0.3, -0.25) is 4.98 Å². The van der Waals surface area contributed by atoms with Crippen molar-refractivity contribution >= 4 is 28.2 Å². The van der Waals surface area contributed by atoms with E-state index in [-0.39, 0.29) is 0 Å². The Kier molecular flexibility index (Phi) is 4.11. The number of halogens is 1. The zero-order chi connectivity index (χ0) is 13.9. The third kappa shape index (κ3) is 2.62. The topological polar surface area (TPSA) is 24.9 Å². The molecule has 1 N–H and O–H groups in total. The number of anilines is 1. The standard InChI is InChI=1S/C17H21ClN2/c1-2-12-6-3-4-8-15(12)20-16-10-9-14(18)13-7-5-11-19-17(13)16/h5,7,9-12,15,20H,2-4,6,8H2,1H3. The molecule has 0 amide bonds. The monoisotopic (exact) mass is 288 g/mol. The molecule has 1 aromatic carbocycles. The van der Waals surface area contributed by atoms with Crippen molar-refractivity contribution < 1.29 is 0 Å². The Labute approximate surface area is 125 Å². The minimum Gasteiger partial charge on any atom is -0.380 e. The number of benzene rings is 1. The number of hydrogen-bond acceptors (Lipinski definition) is 2. The molecule has 3 heteroatoms. The van der Waals surface area contributed by atoms with E-state index in [9.17, 15) is 0 Å². The second-order valence-corrected chi connectivity index (χ2v) is 6.11. The number of nitrogens with one attached hydrogen (secondary N) is 1. The van der Waals surface area contributed by atoms with E-state index in [1.807, 2.05) is 24.4 Å². The lowest BCUT2D eigenvalue weighted by Gasteiger charge is -2.32. The van der Waals surface area contributed by atoms with E-state index in [4.69, 9.17) is 11.6 Å². The summed E-state index contributed by atoms with van der Waals surface area (Å²) in [4.78, 5) is 4.51. The molecule has 20 heavy (non-hydrogen) atoms. The number of aromatic nitrogens is 1. The first-order chi connectivity index (χ1) is 9.79. The number of hydrogen-bond donors (Lipinski definition) is 1. The molecule has 1 aliphatic rings. The van der Waals surface area contributed by atoms with Crippen molar-refractivity contribution in [3.8, 4) is 0 Å². The molecule has 106 valence electrons. The van der Waals surface area contributed by atoms with Crippen molar-refractivity contribution in [1.82, 2.24) is 4.98 Å². The van der Waals surface area contributed by atoms with Crippen LogP contribution in [0.15, 0.2) is 30.5 Å². The zero-order valence-corrected chi connectivity index (χ0v) is 12.7. The van der Waals surface area contributed by atoms with Gasteiger partial charge in [0.25, 0.3) is 0 Å². The first kappa shape index (κ1) is 13.7. The quantitative estimate of drug-likeness (QED) is 0.832. The Bertz CT molecular complexity index is 597. The van der Waals surface area contributed by atoms with Gasteiger partial charge in [0.1, 0.15) is 0 Å². The summed E-state index contributed by atoms with van der Waals surface area (Å²) < 4.78 is 0. The fourth-order valence-corrected chi connectivity index (χ4v) is 3.56. The van der Waals surface area contributed by atoms with Crippen LogP contribution >= 0.6 is 11.6 Å². The van der Waals surface area contributed by atoms with Gasteiger partial charge < -0.3 is 5.32 Å². The first-order valence-electron chi connectivity index (χ1n) is 7.59. The Morgan fingerprint density at radius 2 is 2.10 bits per heavy atom. The molecule has 2 unspecified atom stereocenters. The Balaban J connectivity index is 1.92. The van der Waals surface area contributed by atoms with Crippen molar-refractivity contribution in [2.24, 2.45) is 5.92 Å². The van der Waals surface area contributed by atoms with Crippen LogP contribution in [0.1, 0.15) is 39.0 Å². The molecule has 2 aromatic rings. The minimum atomic E-state index is 0.570. The van der Waals surface area contributed by atoms with Gasteiger partial charge in [-0.1, -0.05) is 37.8 Å². The van der Waals surface area contributed by atoms with Gasteiger partial charge in [0, 0.05) is 17.6 Å². The molecule has 1 saturated carbocycles. The van der Waals surface area contributed by atoms with Gasteiger partial charge in [0.05, 0.1) is 16.2 Å². The molecule has 0 saturated heterocycles. The summed E-state index contributed by atoms with van der Waals surface area (Å²) in [5.41, 5.74) is 2.11. The molecule has 1 heterocycles. The number of pyridine rings is 1. The van der Waals surface area contributed by atoms with Crippen molar-refractivity contribution in [2.75, 3.05) is 5.32 Å². The predicted molar refractivity (Wildman–Crippen MR) is 86.4 cm³/mol. The molecule has 0 spiro atoms. The molecule has 1 aromatic heterocycles. The maximum atomic E-state index is 6.26. The van der Waals surface area contributed by atoms with Gasteiger partial charge in [-0.2, -0.15) is 0 Å². The van der Waals surface area contributed by atoms with Crippen molar-refractivity contribution in [2.45, 2.75) is 45.1 Å². The second-order valence-electron chi connectivity index (χ2n) is 5.70. The van der Waals surface area contributed by atoms with Crippen LogP contribution in [0.5, 0.6) is 0 Å². The van der Waals surface area contributed by atoms with Crippen LogP contribution in [0, 0.1) is 5.92 Å². The van der Waals surface area contributed by atoms with Gasteiger partial charge in [-0.05, 0) is 43.0 Å².